The van der Waals surface area contributed by atoms with Gasteiger partial charge in [0.25, 0.3) is 0 Å². The number of aliphatic carboxylic acids is 1. The fourth-order valence-corrected chi connectivity index (χ4v) is 2.65. The molecule has 0 spiro atoms. The van der Waals surface area contributed by atoms with Gasteiger partial charge in [0.2, 0.25) is 0 Å². The standard InChI is InChI=1S/C13H26N2O3S/c1-6-10(8-19-5)15(4)13(18)14-11(12(16)17)7-9(2)3/h9-11H,6-8H2,1-5H3,(H,14,18)(H,16,17). The summed E-state index contributed by atoms with van der Waals surface area (Å²) >= 11 is 1.68. The molecule has 2 unspecified atom stereocenters. The SMILES string of the molecule is CCC(CSC)N(C)C(=O)NC(CC(C)C)C(=O)O. The third-order valence-corrected chi connectivity index (χ3v) is 3.72. The average molecular weight is 290 g/mol. The van der Waals surface area contributed by atoms with Crippen molar-refractivity contribution in [3.05, 3.63) is 0 Å². The molecular weight excluding hydrogens is 264 g/mol. The van der Waals surface area contributed by atoms with Crippen molar-refractivity contribution in [3.63, 3.8) is 0 Å². The monoisotopic (exact) mass is 290 g/mol. The van der Waals surface area contributed by atoms with Crippen molar-refractivity contribution >= 4 is 23.8 Å². The lowest BCUT2D eigenvalue weighted by molar-refractivity contribution is -0.139. The number of urea groups is 1. The summed E-state index contributed by atoms with van der Waals surface area (Å²) in [6, 6.07) is -1.00. The Morgan fingerprint density at radius 1 is 1.37 bits per heavy atom. The molecule has 0 fully saturated rings. The van der Waals surface area contributed by atoms with Crippen LogP contribution in [0.2, 0.25) is 0 Å². The van der Waals surface area contributed by atoms with E-state index in [0.717, 1.165) is 12.2 Å². The van der Waals surface area contributed by atoms with E-state index in [-0.39, 0.29) is 18.0 Å². The van der Waals surface area contributed by atoms with E-state index < -0.39 is 12.0 Å². The van der Waals surface area contributed by atoms with Crippen molar-refractivity contribution in [2.45, 2.75) is 45.7 Å². The Balaban J connectivity index is 4.57. The van der Waals surface area contributed by atoms with Crippen molar-refractivity contribution in [2.75, 3.05) is 19.1 Å². The second-order valence-corrected chi connectivity index (χ2v) is 6.01. The average Bonchev–Trinajstić information content (AvgIpc) is 2.33. The first-order chi connectivity index (χ1) is 8.83. The fraction of sp³-hybridized carbons (Fsp3) is 0.846. The number of nitrogens with zero attached hydrogens (tertiary/aromatic N) is 1. The van der Waals surface area contributed by atoms with Crippen molar-refractivity contribution in [2.24, 2.45) is 5.92 Å². The summed E-state index contributed by atoms with van der Waals surface area (Å²) in [5.74, 6) is 0.0933. The third-order valence-electron chi connectivity index (χ3n) is 3.00. The summed E-state index contributed by atoms with van der Waals surface area (Å²) in [5, 5.41) is 11.7. The predicted molar refractivity (Wildman–Crippen MR) is 79.6 cm³/mol. The molecule has 2 atom stereocenters. The molecule has 112 valence electrons. The Labute approximate surface area is 120 Å². The summed E-state index contributed by atoms with van der Waals surface area (Å²) in [7, 11) is 1.72. The molecule has 0 heterocycles. The number of carboxylic acids is 1. The van der Waals surface area contributed by atoms with Crippen LogP contribution in [0.25, 0.3) is 0 Å². The number of hydrogen-bond acceptors (Lipinski definition) is 3. The molecule has 0 rings (SSSR count). The third kappa shape index (κ3) is 6.71. The molecular formula is C13H26N2O3S. The highest BCUT2D eigenvalue weighted by Crippen LogP contribution is 2.10. The number of thioether (sulfide) groups is 1. The van der Waals surface area contributed by atoms with Crippen molar-refractivity contribution in [3.8, 4) is 0 Å². The number of carbonyl (C=O) groups excluding carboxylic acids is 1. The van der Waals surface area contributed by atoms with Gasteiger partial charge in [-0.15, -0.1) is 0 Å². The van der Waals surface area contributed by atoms with Crippen molar-refractivity contribution in [1.82, 2.24) is 10.2 Å². The van der Waals surface area contributed by atoms with E-state index in [2.05, 4.69) is 5.32 Å². The van der Waals surface area contributed by atoms with Gasteiger partial charge >= 0.3 is 12.0 Å². The van der Waals surface area contributed by atoms with E-state index in [1.807, 2.05) is 27.0 Å². The zero-order valence-corrected chi connectivity index (χ0v) is 13.3. The van der Waals surface area contributed by atoms with Gasteiger partial charge in [-0.25, -0.2) is 9.59 Å². The van der Waals surface area contributed by atoms with E-state index in [1.165, 1.54) is 0 Å². The van der Waals surface area contributed by atoms with Crippen LogP contribution in [0, 0.1) is 5.92 Å². The fourth-order valence-electron chi connectivity index (χ4n) is 1.81. The molecule has 0 aliphatic carbocycles. The first-order valence-electron chi connectivity index (χ1n) is 6.58. The predicted octanol–water partition coefficient (Wildman–Crippen LogP) is 2.27. The number of amides is 2. The van der Waals surface area contributed by atoms with Crippen LogP contribution in [0.3, 0.4) is 0 Å². The smallest absolute Gasteiger partial charge is 0.326 e. The number of rotatable bonds is 8. The molecule has 0 saturated carbocycles. The van der Waals surface area contributed by atoms with Gasteiger partial charge < -0.3 is 15.3 Å². The first-order valence-corrected chi connectivity index (χ1v) is 7.97. The van der Waals surface area contributed by atoms with Gasteiger partial charge in [0.05, 0.1) is 0 Å². The minimum absolute atomic E-state index is 0.128. The Morgan fingerprint density at radius 2 is 1.95 bits per heavy atom. The van der Waals surface area contributed by atoms with E-state index in [4.69, 9.17) is 5.11 Å². The molecule has 6 heteroatoms. The van der Waals surface area contributed by atoms with E-state index in [9.17, 15) is 9.59 Å². The van der Waals surface area contributed by atoms with Crippen LogP contribution in [-0.2, 0) is 4.79 Å². The topological polar surface area (TPSA) is 69.6 Å². The maximum absolute atomic E-state index is 12.1. The van der Waals surface area contributed by atoms with Gasteiger partial charge in [-0.1, -0.05) is 20.8 Å². The Bertz CT molecular complexity index is 298. The zero-order valence-electron chi connectivity index (χ0n) is 12.5. The van der Waals surface area contributed by atoms with Crippen molar-refractivity contribution < 1.29 is 14.7 Å². The molecule has 0 aliphatic heterocycles. The molecule has 2 amide bonds. The maximum atomic E-state index is 12.1. The molecule has 0 radical (unpaired) electrons. The summed E-state index contributed by atoms with van der Waals surface area (Å²) in [6.07, 6.45) is 3.29. The Morgan fingerprint density at radius 3 is 2.32 bits per heavy atom. The van der Waals surface area contributed by atoms with Gasteiger partial charge in [-0.3, -0.25) is 0 Å². The molecule has 0 aromatic rings. The molecule has 0 aromatic carbocycles. The largest absolute Gasteiger partial charge is 0.480 e. The zero-order chi connectivity index (χ0) is 15.0. The van der Waals surface area contributed by atoms with E-state index >= 15 is 0 Å². The van der Waals surface area contributed by atoms with Crippen LogP contribution in [0.5, 0.6) is 0 Å². The van der Waals surface area contributed by atoms with Gasteiger partial charge in [0.15, 0.2) is 0 Å². The second kappa shape index (κ2) is 9.07. The lowest BCUT2D eigenvalue weighted by atomic mass is 10.0. The molecule has 2 N–H and O–H groups in total. The highest BCUT2D eigenvalue weighted by molar-refractivity contribution is 7.98. The minimum atomic E-state index is -0.978. The number of hydrogen-bond donors (Lipinski definition) is 2. The normalized spacial score (nSPS) is 14.0. The first kappa shape index (κ1) is 18.1. The lowest BCUT2D eigenvalue weighted by Crippen LogP contribution is -2.50. The number of nitrogens with one attached hydrogen (secondary N) is 1. The quantitative estimate of drug-likeness (QED) is 0.719. The van der Waals surface area contributed by atoms with Crippen LogP contribution in [-0.4, -0.2) is 53.1 Å². The molecule has 0 saturated heterocycles. The maximum Gasteiger partial charge on any atom is 0.326 e. The summed E-state index contributed by atoms with van der Waals surface area (Å²) in [6.45, 7) is 5.90. The lowest BCUT2D eigenvalue weighted by Gasteiger charge is -2.28. The van der Waals surface area contributed by atoms with E-state index in [1.54, 1.807) is 23.7 Å². The van der Waals surface area contributed by atoms with E-state index in [0.29, 0.717) is 6.42 Å². The van der Waals surface area contributed by atoms with Crippen LogP contribution in [0.4, 0.5) is 4.79 Å². The number of carboxylic acid groups (broad SMARTS) is 1. The molecule has 19 heavy (non-hydrogen) atoms. The number of carbonyl (C=O) groups is 2. The highest BCUT2D eigenvalue weighted by atomic mass is 32.2. The van der Waals surface area contributed by atoms with Crippen LogP contribution >= 0.6 is 11.8 Å². The van der Waals surface area contributed by atoms with Crippen LogP contribution in [0.1, 0.15) is 33.6 Å². The van der Waals surface area contributed by atoms with Crippen molar-refractivity contribution in [1.29, 1.82) is 0 Å². The van der Waals surface area contributed by atoms with Gasteiger partial charge in [0, 0.05) is 18.8 Å². The van der Waals surface area contributed by atoms with Crippen LogP contribution in [0.15, 0.2) is 0 Å². The second-order valence-electron chi connectivity index (χ2n) is 5.10. The van der Waals surface area contributed by atoms with Gasteiger partial charge in [0.1, 0.15) is 6.04 Å². The Hall–Kier alpha value is -0.910. The Kier molecular flexibility index (Phi) is 8.63. The summed E-state index contributed by atoms with van der Waals surface area (Å²) < 4.78 is 0. The summed E-state index contributed by atoms with van der Waals surface area (Å²) in [4.78, 5) is 24.8. The molecule has 0 bridgehead atoms. The minimum Gasteiger partial charge on any atom is -0.480 e. The molecule has 0 aliphatic rings. The molecule has 5 nitrogen and oxygen atoms in total. The summed E-state index contributed by atoms with van der Waals surface area (Å²) in [5.41, 5.74) is 0. The van der Waals surface area contributed by atoms with Gasteiger partial charge in [-0.05, 0) is 25.0 Å². The van der Waals surface area contributed by atoms with Gasteiger partial charge in [-0.2, -0.15) is 11.8 Å². The van der Waals surface area contributed by atoms with Crippen LogP contribution < -0.4 is 5.32 Å². The molecule has 0 aromatic heterocycles. The highest BCUT2D eigenvalue weighted by Gasteiger charge is 2.25.